The first-order valence-corrected chi connectivity index (χ1v) is 14.5. The lowest BCUT2D eigenvalue weighted by Crippen LogP contribution is -2.51. The molecule has 41 heavy (non-hydrogen) atoms. The Hall–Kier alpha value is -3.69. The summed E-state index contributed by atoms with van der Waals surface area (Å²) in [6.07, 6.45) is -2.46. The molecule has 0 spiro atoms. The average molecular weight is 594 g/mol. The molecule has 0 bridgehead atoms. The fraction of sp³-hybridized carbons (Fsp3) is 0.423. The lowest BCUT2D eigenvalue weighted by Gasteiger charge is -2.31. The van der Waals surface area contributed by atoms with Crippen LogP contribution in [0.2, 0.25) is 0 Å². The minimum absolute atomic E-state index is 0.0460. The number of hydrogen-bond donors (Lipinski definition) is 3. The molecule has 11 nitrogen and oxygen atoms in total. The van der Waals surface area contributed by atoms with Gasteiger partial charge >= 0.3 is 6.18 Å². The monoisotopic (exact) mass is 593 g/mol. The van der Waals surface area contributed by atoms with Gasteiger partial charge in [0.1, 0.15) is 23.5 Å². The van der Waals surface area contributed by atoms with E-state index in [0.29, 0.717) is 28.5 Å². The number of aryl methyl sites for hydroxylation is 1. The zero-order valence-electron chi connectivity index (χ0n) is 22.2. The van der Waals surface area contributed by atoms with Gasteiger partial charge in [-0.25, -0.2) is 0 Å². The number of nitrogens with zero attached hydrogens (tertiary/aromatic N) is 4. The first-order valence-electron chi connectivity index (χ1n) is 13.1. The standard InChI is InChI=1S/C26H30F3N7O4S/c1-16-19(9-13-40-16)25(37)36-22(32-15-17-4-6-18(7-5-17)24(30)31)14-21(33-36)20-8-12-35(23(20)26(27,28)29)41(38,39)34-10-2-3-11-34/h4-7,9,13-14,20,23,32H,2-3,8,10-12,15H2,1H3,(H3,30,31). The number of nitrogens with one attached hydrogen (secondary N) is 2. The number of furan rings is 1. The van der Waals surface area contributed by atoms with Crippen molar-refractivity contribution < 1.29 is 30.8 Å². The van der Waals surface area contributed by atoms with Gasteiger partial charge < -0.3 is 15.5 Å². The summed E-state index contributed by atoms with van der Waals surface area (Å²) in [4.78, 5) is 13.4. The first kappa shape index (κ1) is 28.8. The van der Waals surface area contributed by atoms with E-state index in [2.05, 4.69) is 10.4 Å². The normalized spacial score (nSPS) is 20.5. The molecule has 3 aromatic rings. The van der Waals surface area contributed by atoms with E-state index in [1.807, 2.05) is 0 Å². The van der Waals surface area contributed by atoms with Crippen LogP contribution in [0.15, 0.2) is 47.1 Å². The van der Waals surface area contributed by atoms with E-state index in [1.165, 1.54) is 18.4 Å². The number of carbonyl (C=O) groups excluding carboxylic acids is 1. The number of hydrogen-bond acceptors (Lipinski definition) is 7. The number of aromatic nitrogens is 2. The van der Waals surface area contributed by atoms with Gasteiger partial charge in [0.05, 0.1) is 17.5 Å². The molecule has 1 aromatic carbocycles. The molecular weight excluding hydrogens is 563 g/mol. The summed E-state index contributed by atoms with van der Waals surface area (Å²) >= 11 is 0. The Bertz CT molecular complexity index is 1540. The van der Waals surface area contributed by atoms with E-state index in [-0.39, 0.29) is 55.5 Å². The largest absolute Gasteiger partial charge is 0.469 e. The molecule has 2 fully saturated rings. The molecule has 2 unspecified atom stereocenters. The Morgan fingerprint density at radius 3 is 2.44 bits per heavy atom. The van der Waals surface area contributed by atoms with Crippen LogP contribution < -0.4 is 11.1 Å². The molecule has 0 radical (unpaired) electrons. The van der Waals surface area contributed by atoms with Crippen molar-refractivity contribution in [2.45, 2.75) is 50.9 Å². The van der Waals surface area contributed by atoms with Crippen molar-refractivity contribution in [1.29, 1.82) is 5.41 Å². The van der Waals surface area contributed by atoms with E-state index in [0.717, 1.165) is 14.6 Å². The zero-order chi connectivity index (χ0) is 29.5. The molecule has 0 amide bonds. The first-order chi connectivity index (χ1) is 19.4. The Morgan fingerprint density at radius 2 is 1.85 bits per heavy atom. The molecule has 4 N–H and O–H groups in total. The highest BCUT2D eigenvalue weighted by atomic mass is 32.2. The van der Waals surface area contributed by atoms with Crippen LogP contribution in [0.25, 0.3) is 0 Å². The molecule has 0 aliphatic carbocycles. The Kier molecular flexibility index (Phi) is 7.70. The molecule has 0 saturated carbocycles. The number of nitrogens with two attached hydrogens (primary N) is 1. The van der Waals surface area contributed by atoms with Gasteiger partial charge in [-0.05, 0) is 37.8 Å². The second-order valence-corrected chi connectivity index (χ2v) is 12.0. The van der Waals surface area contributed by atoms with Crippen LogP contribution in [0, 0.1) is 12.3 Å². The second-order valence-electron chi connectivity index (χ2n) is 10.1. The maximum atomic E-state index is 14.5. The molecule has 2 aliphatic heterocycles. The van der Waals surface area contributed by atoms with Gasteiger partial charge in [-0.15, -0.1) is 0 Å². The molecule has 220 valence electrons. The maximum absolute atomic E-state index is 14.5. The highest BCUT2D eigenvalue weighted by Gasteiger charge is 2.57. The summed E-state index contributed by atoms with van der Waals surface area (Å²) < 4.78 is 77.7. The third-order valence-corrected chi connectivity index (χ3v) is 9.52. The summed E-state index contributed by atoms with van der Waals surface area (Å²) in [6, 6.07) is 7.26. The quantitative estimate of drug-likeness (QED) is 0.267. The summed E-state index contributed by atoms with van der Waals surface area (Å²) in [5.41, 5.74) is 6.93. The molecule has 2 atom stereocenters. The molecule has 5 rings (SSSR count). The molecular formula is C26H30F3N7O4S. The minimum atomic E-state index is -4.87. The number of halogens is 3. The van der Waals surface area contributed by atoms with E-state index < -0.39 is 34.3 Å². The van der Waals surface area contributed by atoms with Crippen molar-refractivity contribution in [3.8, 4) is 0 Å². The van der Waals surface area contributed by atoms with E-state index in [9.17, 15) is 26.4 Å². The van der Waals surface area contributed by atoms with E-state index >= 15 is 0 Å². The van der Waals surface area contributed by atoms with Crippen molar-refractivity contribution >= 4 is 27.8 Å². The van der Waals surface area contributed by atoms with Gasteiger partial charge in [0, 0.05) is 43.7 Å². The predicted molar refractivity (Wildman–Crippen MR) is 144 cm³/mol. The van der Waals surface area contributed by atoms with Gasteiger partial charge in [0.15, 0.2) is 0 Å². The van der Waals surface area contributed by atoms with Crippen molar-refractivity contribution in [2.24, 2.45) is 5.73 Å². The predicted octanol–water partition coefficient (Wildman–Crippen LogP) is 3.43. The van der Waals surface area contributed by atoms with Crippen molar-refractivity contribution in [1.82, 2.24) is 18.4 Å². The third kappa shape index (κ3) is 5.61. The number of amidine groups is 1. The molecule has 2 saturated heterocycles. The maximum Gasteiger partial charge on any atom is 0.405 e. The second kappa shape index (κ2) is 10.9. The van der Waals surface area contributed by atoms with Crippen LogP contribution in [-0.4, -0.2) is 70.4 Å². The molecule has 2 aliphatic rings. The number of alkyl halides is 3. The molecule has 2 aromatic heterocycles. The Labute approximate surface area is 234 Å². The average Bonchev–Trinajstić information content (AvgIpc) is 3.72. The number of benzene rings is 1. The van der Waals surface area contributed by atoms with Crippen molar-refractivity contribution in [3.05, 3.63) is 70.8 Å². The van der Waals surface area contributed by atoms with E-state index in [1.54, 1.807) is 31.2 Å². The zero-order valence-corrected chi connectivity index (χ0v) is 23.0. The Balaban J connectivity index is 1.49. The van der Waals surface area contributed by atoms with Gasteiger partial charge in [-0.3, -0.25) is 10.2 Å². The SMILES string of the molecule is Cc1occc1C(=O)n1nc(C2CCN(S(=O)(=O)N3CCCC3)C2C(F)(F)F)cc1NCc1ccc(C(=N)N)cc1. The lowest BCUT2D eigenvalue weighted by atomic mass is 9.96. The summed E-state index contributed by atoms with van der Waals surface area (Å²) in [5, 5.41) is 14.9. The number of carbonyl (C=O) groups is 1. The lowest BCUT2D eigenvalue weighted by molar-refractivity contribution is -0.169. The molecule has 15 heteroatoms. The van der Waals surface area contributed by atoms with Gasteiger partial charge in [0.2, 0.25) is 0 Å². The molecule has 4 heterocycles. The van der Waals surface area contributed by atoms with Crippen LogP contribution >= 0.6 is 0 Å². The Morgan fingerprint density at radius 1 is 1.17 bits per heavy atom. The van der Waals surface area contributed by atoms with Gasteiger partial charge in [-0.2, -0.15) is 40.0 Å². The number of nitrogen functional groups attached to an aromatic ring is 1. The minimum Gasteiger partial charge on any atom is -0.469 e. The fourth-order valence-electron chi connectivity index (χ4n) is 5.37. The fourth-order valence-corrected chi connectivity index (χ4v) is 7.27. The van der Waals surface area contributed by atoms with Crippen LogP contribution in [0.5, 0.6) is 0 Å². The highest BCUT2D eigenvalue weighted by Crippen LogP contribution is 2.44. The van der Waals surface area contributed by atoms with Gasteiger partial charge in [0.25, 0.3) is 16.1 Å². The van der Waals surface area contributed by atoms with Crippen LogP contribution in [0.4, 0.5) is 19.0 Å². The van der Waals surface area contributed by atoms with Gasteiger partial charge in [-0.1, -0.05) is 24.3 Å². The van der Waals surface area contributed by atoms with Crippen LogP contribution in [0.3, 0.4) is 0 Å². The van der Waals surface area contributed by atoms with Crippen LogP contribution in [0.1, 0.15) is 58.1 Å². The summed E-state index contributed by atoms with van der Waals surface area (Å²) in [6.45, 7) is 1.81. The number of anilines is 1. The highest BCUT2D eigenvalue weighted by molar-refractivity contribution is 7.86. The van der Waals surface area contributed by atoms with Crippen LogP contribution in [-0.2, 0) is 16.8 Å². The third-order valence-electron chi connectivity index (χ3n) is 7.50. The topological polar surface area (TPSA) is 151 Å². The number of rotatable bonds is 8. The van der Waals surface area contributed by atoms with E-state index in [4.69, 9.17) is 15.6 Å². The summed E-state index contributed by atoms with van der Waals surface area (Å²) in [7, 11) is -4.34. The smallest absolute Gasteiger partial charge is 0.405 e. The van der Waals surface area contributed by atoms with Crippen molar-refractivity contribution in [2.75, 3.05) is 25.0 Å². The van der Waals surface area contributed by atoms with Crippen molar-refractivity contribution in [3.63, 3.8) is 0 Å². The summed E-state index contributed by atoms with van der Waals surface area (Å²) in [5.74, 6) is -1.56.